The van der Waals surface area contributed by atoms with Crippen molar-refractivity contribution in [2.45, 2.75) is 32.6 Å². The average molecular weight is 244 g/mol. The van der Waals surface area contributed by atoms with Gasteiger partial charge in [-0.15, -0.1) is 0 Å². The topological polar surface area (TPSA) is 29.3 Å². The summed E-state index contributed by atoms with van der Waals surface area (Å²) >= 11 is 1.93. The number of hydrogen-bond donors (Lipinski definition) is 1. The molecule has 0 bridgehead atoms. The Hall–Kier alpha value is 0.270. The Morgan fingerprint density at radius 2 is 2.00 bits per heavy atom. The van der Waals surface area contributed by atoms with Crippen LogP contribution in [0.2, 0.25) is 0 Å². The van der Waals surface area contributed by atoms with Crippen molar-refractivity contribution >= 4 is 11.8 Å². The smallest absolute Gasteiger partial charge is 0.00694 e. The zero-order valence-electron chi connectivity index (χ0n) is 11.2. The van der Waals surface area contributed by atoms with Gasteiger partial charge in [0.2, 0.25) is 0 Å². The van der Waals surface area contributed by atoms with Gasteiger partial charge in [-0.05, 0) is 44.0 Å². The van der Waals surface area contributed by atoms with Gasteiger partial charge in [-0.3, -0.25) is 0 Å². The zero-order chi connectivity index (χ0) is 12.0. The minimum Gasteiger partial charge on any atom is -0.330 e. The Labute approximate surface area is 105 Å². The SMILES string of the molecule is CSCCN(C)CC1(CN)CCC(C)CC1. The van der Waals surface area contributed by atoms with E-state index >= 15 is 0 Å². The van der Waals surface area contributed by atoms with Gasteiger partial charge < -0.3 is 10.6 Å². The second kappa shape index (κ2) is 6.87. The molecular weight excluding hydrogens is 216 g/mol. The Kier molecular flexibility index (Phi) is 6.16. The van der Waals surface area contributed by atoms with Crippen molar-refractivity contribution in [3.05, 3.63) is 0 Å². The lowest BCUT2D eigenvalue weighted by Gasteiger charge is -2.41. The van der Waals surface area contributed by atoms with E-state index in [9.17, 15) is 0 Å². The van der Waals surface area contributed by atoms with Crippen molar-refractivity contribution in [3.8, 4) is 0 Å². The summed E-state index contributed by atoms with van der Waals surface area (Å²) in [5, 5.41) is 0. The third kappa shape index (κ3) is 4.27. The molecule has 0 spiro atoms. The molecule has 2 N–H and O–H groups in total. The Morgan fingerprint density at radius 3 is 2.50 bits per heavy atom. The molecule has 0 radical (unpaired) electrons. The van der Waals surface area contributed by atoms with Crippen LogP contribution in [0.3, 0.4) is 0 Å². The maximum Gasteiger partial charge on any atom is 0.00694 e. The molecule has 2 nitrogen and oxygen atoms in total. The predicted octanol–water partition coefficient (Wildman–Crippen LogP) is 2.44. The molecule has 0 aromatic heterocycles. The molecule has 1 rings (SSSR count). The molecule has 0 aromatic carbocycles. The van der Waals surface area contributed by atoms with Crippen molar-refractivity contribution < 1.29 is 0 Å². The van der Waals surface area contributed by atoms with Crippen LogP contribution in [0.4, 0.5) is 0 Å². The predicted molar refractivity (Wildman–Crippen MR) is 75.0 cm³/mol. The molecular formula is C13H28N2S. The van der Waals surface area contributed by atoms with E-state index in [1.807, 2.05) is 11.8 Å². The van der Waals surface area contributed by atoms with E-state index in [4.69, 9.17) is 5.73 Å². The van der Waals surface area contributed by atoms with Gasteiger partial charge in [0.25, 0.3) is 0 Å². The van der Waals surface area contributed by atoms with Gasteiger partial charge in [0, 0.05) is 18.8 Å². The van der Waals surface area contributed by atoms with Crippen molar-refractivity contribution in [1.82, 2.24) is 4.90 Å². The highest BCUT2D eigenvalue weighted by molar-refractivity contribution is 7.98. The molecule has 1 aliphatic rings. The third-order valence-corrected chi connectivity index (χ3v) is 4.64. The fourth-order valence-corrected chi connectivity index (χ4v) is 3.19. The summed E-state index contributed by atoms with van der Waals surface area (Å²) in [6.45, 7) is 5.62. The highest BCUT2D eigenvalue weighted by atomic mass is 32.2. The molecule has 0 heterocycles. The molecule has 0 aromatic rings. The first kappa shape index (κ1) is 14.3. The van der Waals surface area contributed by atoms with Crippen LogP contribution < -0.4 is 5.73 Å². The van der Waals surface area contributed by atoms with Gasteiger partial charge in [0.05, 0.1) is 0 Å². The lowest BCUT2D eigenvalue weighted by Crippen LogP contribution is -2.44. The summed E-state index contributed by atoms with van der Waals surface area (Å²) in [6, 6.07) is 0. The number of nitrogens with zero attached hydrogens (tertiary/aromatic N) is 1. The number of hydrogen-bond acceptors (Lipinski definition) is 3. The summed E-state index contributed by atoms with van der Waals surface area (Å²) in [7, 11) is 2.24. The maximum absolute atomic E-state index is 6.03. The summed E-state index contributed by atoms with van der Waals surface area (Å²) in [6.07, 6.45) is 7.57. The van der Waals surface area contributed by atoms with Crippen LogP contribution in [0.15, 0.2) is 0 Å². The second-order valence-corrected chi connectivity index (χ2v) is 6.60. The van der Waals surface area contributed by atoms with E-state index in [1.165, 1.54) is 44.5 Å². The molecule has 1 fully saturated rings. The first-order valence-corrected chi connectivity index (χ1v) is 7.89. The van der Waals surface area contributed by atoms with Crippen LogP contribution in [0.5, 0.6) is 0 Å². The summed E-state index contributed by atoms with van der Waals surface area (Å²) in [5.74, 6) is 2.14. The van der Waals surface area contributed by atoms with Crippen LogP contribution in [-0.2, 0) is 0 Å². The normalized spacial score (nSPS) is 30.9. The Balaban J connectivity index is 2.40. The Bertz CT molecular complexity index is 188. The molecule has 1 saturated carbocycles. The quantitative estimate of drug-likeness (QED) is 0.778. The minimum absolute atomic E-state index is 0.416. The summed E-state index contributed by atoms with van der Waals surface area (Å²) < 4.78 is 0. The molecule has 0 saturated heterocycles. The standard InChI is InChI=1S/C13H28N2S/c1-12-4-6-13(10-14,7-5-12)11-15(2)8-9-16-3/h12H,4-11,14H2,1-3H3. The fourth-order valence-electron chi connectivity index (χ4n) is 2.70. The molecule has 0 unspecified atom stereocenters. The van der Waals surface area contributed by atoms with E-state index in [2.05, 4.69) is 25.1 Å². The van der Waals surface area contributed by atoms with Crippen LogP contribution >= 0.6 is 11.8 Å². The largest absolute Gasteiger partial charge is 0.330 e. The van der Waals surface area contributed by atoms with Crippen LogP contribution in [0, 0.1) is 11.3 Å². The highest BCUT2D eigenvalue weighted by Gasteiger charge is 2.33. The molecule has 0 aliphatic heterocycles. The molecule has 3 heteroatoms. The molecule has 16 heavy (non-hydrogen) atoms. The lowest BCUT2D eigenvalue weighted by atomic mass is 9.70. The van der Waals surface area contributed by atoms with Crippen LogP contribution in [-0.4, -0.2) is 43.6 Å². The van der Waals surface area contributed by atoms with E-state index in [0.717, 1.165) is 12.5 Å². The molecule has 0 amide bonds. The van der Waals surface area contributed by atoms with Gasteiger partial charge in [-0.25, -0.2) is 0 Å². The van der Waals surface area contributed by atoms with Crippen molar-refractivity contribution in [2.75, 3.05) is 38.7 Å². The summed E-state index contributed by atoms with van der Waals surface area (Å²) in [5.41, 5.74) is 6.45. The Morgan fingerprint density at radius 1 is 1.38 bits per heavy atom. The van der Waals surface area contributed by atoms with Crippen molar-refractivity contribution in [3.63, 3.8) is 0 Å². The molecule has 1 aliphatic carbocycles. The highest BCUT2D eigenvalue weighted by Crippen LogP contribution is 2.38. The maximum atomic E-state index is 6.03. The van der Waals surface area contributed by atoms with E-state index < -0.39 is 0 Å². The van der Waals surface area contributed by atoms with Gasteiger partial charge in [-0.1, -0.05) is 19.8 Å². The van der Waals surface area contributed by atoms with Gasteiger partial charge in [0.15, 0.2) is 0 Å². The second-order valence-electron chi connectivity index (χ2n) is 5.62. The van der Waals surface area contributed by atoms with Crippen molar-refractivity contribution in [2.24, 2.45) is 17.1 Å². The third-order valence-electron chi connectivity index (χ3n) is 4.05. The van der Waals surface area contributed by atoms with Crippen LogP contribution in [0.25, 0.3) is 0 Å². The fraction of sp³-hybridized carbons (Fsp3) is 1.00. The minimum atomic E-state index is 0.416. The molecule has 0 atom stereocenters. The number of nitrogens with two attached hydrogens (primary N) is 1. The van der Waals surface area contributed by atoms with Gasteiger partial charge >= 0.3 is 0 Å². The number of rotatable bonds is 6. The first-order chi connectivity index (χ1) is 7.62. The summed E-state index contributed by atoms with van der Waals surface area (Å²) in [4.78, 5) is 2.47. The molecule has 96 valence electrons. The monoisotopic (exact) mass is 244 g/mol. The van der Waals surface area contributed by atoms with Crippen molar-refractivity contribution in [1.29, 1.82) is 0 Å². The van der Waals surface area contributed by atoms with E-state index in [0.29, 0.717) is 5.41 Å². The first-order valence-electron chi connectivity index (χ1n) is 6.49. The van der Waals surface area contributed by atoms with E-state index in [-0.39, 0.29) is 0 Å². The average Bonchev–Trinajstić information content (AvgIpc) is 2.30. The van der Waals surface area contributed by atoms with Gasteiger partial charge in [0.1, 0.15) is 0 Å². The van der Waals surface area contributed by atoms with E-state index in [1.54, 1.807) is 0 Å². The number of thioether (sulfide) groups is 1. The zero-order valence-corrected chi connectivity index (χ0v) is 12.0. The lowest BCUT2D eigenvalue weighted by molar-refractivity contribution is 0.111. The van der Waals surface area contributed by atoms with Crippen LogP contribution in [0.1, 0.15) is 32.6 Å². The van der Waals surface area contributed by atoms with Gasteiger partial charge in [-0.2, -0.15) is 11.8 Å².